The van der Waals surface area contributed by atoms with Crippen LogP contribution in [-0.4, -0.2) is 35.9 Å². The number of ketones is 2. The van der Waals surface area contributed by atoms with E-state index in [0.29, 0.717) is 25.7 Å². The molecule has 2 fully saturated rings. The molecule has 5 heteroatoms. The number of methoxy groups -OCH3 is 1. The molecule has 138 valence electrons. The van der Waals surface area contributed by atoms with Crippen LogP contribution in [0.1, 0.15) is 58.8 Å². The largest absolute Gasteiger partial charge is 0.469 e. The lowest BCUT2D eigenvalue weighted by Crippen LogP contribution is -2.52. The molecule has 5 atom stereocenters. The molecule has 0 saturated heterocycles. The van der Waals surface area contributed by atoms with E-state index in [1.54, 1.807) is 6.08 Å². The number of Topliss-reactive ketones (excluding diaryl/α,β-unsaturated/α-hetero) is 1. The Balaban J connectivity index is 2.00. The standard InChI is InChI=1S/C20H28O5/c1-19-9-4-10-20(2,18(24)25-3)15(19)7-5-12-11-14(21)13(17(12)23)6-8-16(19)22/h11,13,15,17,23H,4-10H2,1-3H3/t13-,15-,17?,19+,20+/m0/s1. The number of hydrogen-bond acceptors (Lipinski definition) is 5. The number of ether oxygens (including phenoxy) is 1. The quantitative estimate of drug-likeness (QED) is 0.737. The molecule has 25 heavy (non-hydrogen) atoms. The van der Waals surface area contributed by atoms with Gasteiger partial charge in [-0.15, -0.1) is 0 Å². The van der Waals surface area contributed by atoms with Gasteiger partial charge in [-0.25, -0.2) is 0 Å². The van der Waals surface area contributed by atoms with Gasteiger partial charge in [-0.05, 0) is 56.6 Å². The second kappa shape index (κ2) is 6.35. The molecule has 0 heterocycles. The van der Waals surface area contributed by atoms with E-state index in [4.69, 9.17) is 4.74 Å². The zero-order chi connectivity index (χ0) is 18.4. The third kappa shape index (κ3) is 2.77. The SMILES string of the molecule is COC(=O)[C@]1(C)CCC[C@@]2(C)C(=O)CC[C@H]3C(=O)C=C(CC[C@@H]21)C3O. The summed E-state index contributed by atoms with van der Waals surface area (Å²) >= 11 is 0. The van der Waals surface area contributed by atoms with Crippen LogP contribution >= 0.6 is 0 Å². The number of esters is 1. The van der Waals surface area contributed by atoms with Crippen molar-refractivity contribution in [1.29, 1.82) is 0 Å². The number of carbonyl (C=O) groups is 3. The molecule has 0 aliphatic heterocycles. The summed E-state index contributed by atoms with van der Waals surface area (Å²) in [5.74, 6) is -0.837. The number of aliphatic hydroxyl groups excluding tert-OH is 1. The molecule has 1 unspecified atom stereocenters. The molecule has 2 saturated carbocycles. The molecule has 3 aliphatic carbocycles. The minimum atomic E-state index is -0.780. The maximum Gasteiger partial charge on any atom is 0.311 e. The highest BCUT2D eigenvalue weighted by molar-refractivity contribution is 5.97. The summed E-state index contributed by atoms with van der Waals surface area (Å²) in [4.78, 5) is 37.8. The Hall–Kier alpha value is -1.49. The van der Waals surface area contributed by atoms with Gasteiger partial charge in [-0.3, -0.25) is 14.4 Å². The summed E-state index contributed by atoms with van der Waals surface area (Å²) in [6, 6.07) is 0. The predicted octanol–water partition coefficient (Wildman–Crippen LogP) is 2.60. The fourth-order valence-corrected chi connectivity index (χ4v) is 5.52. The third-order valence-electron chi connectivity index (χ3n) is 7.08. The number of aliphatic hydroxyl groups is 1. The van der Waals surface area contributed by atoms with Crippen molar-refractivity contribution in [2.75, 3.05) is 7.11 Å². The molecule has 0 radical (unpaired) electrons. The summed E-state index contributed by atoms with van der Waals surface area (Å²) in [6.45, 7) is 3.89. The Morgan fingerprint density at radius 2 is 1.92 bits per heavy atom. The second-order valence-electron chi connectivity index (χ2n) is 8.41. The lowest BCUT2D eigenvalue weighted by Gasteiger charge is -2.50. The van der Waals surface area contributed by atoms with Crippen molar-refractivity contribution in [3.05, 3.63) is 11.6 Å². The highest BCUT2D eigenvalue weighted by atomic mass is 16.5. The maximum atomic E-state index is 13.1. The molecule has 0 aromatic carbocycles. The van der Waals surface area contributed by atoms with Crippen LogP contribution in [0.5, 0.6) is 0 Å². The van der Waals surface area contributed by atoms with Crippen LogP contribution in [0.4, 0.5) is 0 Å². The van der Waals surface area contributed by atoms with Gasteiger partial charge in [-0.2, -0.15) is 0 Å². The van der Waals surface area contributed by atoms with E-state index < -0.39 is 22.9 Å². The zero-order valence-electron chi connectivity index (χ0n) is 15.3. The van der Waals surface area contributed by atoms with Crippen LogP contribution in [0.3, 0.4) is 0 Å². The molecule has 1 N–H and O–H groups in total. The first-order chi connectivity index (χ1) is 11.7. The summed E-state index contributed by atoms with van der Waals surface area (Å²) in [5, 5.41) is 10.4. The number of rotatable bonds is 1. The van der Waals surface area contributed by atoms with E-state index in [1.807, 2.05) is 13.8 Å². The summed E-state index contributed by atoms with van der Waals surface area (Å²) in [5.41, 5.74) is -0.527. The molecule has 0 amide bonds. The number of fused-ring (bicyclic) bond motifs is 3. The van der Waals surface area contributed by atoms with E-state index in [9.17, 15) is 19.5 Å². The number of hydrogen-bond donors (Lipinski definition) is 1. The van der Waals surface area contributed by atoms with Gasteiger partial charge in [0.05, 0.1) is 24.5 Å². The van der Waals surface area contributed by atoms with Crippen LogP contribution in [0.25, 0.3) is 0 Å². The average Bonchev–Trinajstić information content (AvgIpc) is 2.83. The van der Waals surface area contributed by atoms with Crippen LogP contribution in [0, 0.1) is 22.7 Å². The predicted molar refractivity (Wildman–Crippen MR) is 91.6 cm³/mol. The van der Waals surface area contributed by atoms with Crippen molar-refractivity contribution < 1.29 is 24.2 Å². The minimum Gasteiger partial charge on any atom is -0.469 e. The molecule has 0 aromatic heterocycles. The van der Waals surface area contributed by atoms with Crippen molar-refractivity contribution in [2.24, 2.45) is 22.7 Å². The Bertz CT molecular complexity index is 636. The third-order valence-corrected chi connectivity index (χ3v) is 7.08. The van der Waals surface area contributed by atoms with Crippen molar-refractivity contribution >= 4 is 17.5 Å². The highest BCUT2D eigenvalue weighted by Crippen LogP contribution is 2.55. The van der Waals surface area contributed by atoms with Crippen molar-refractivity contribution in [1.82, 2.24) is 0 Å². The molecular weight excluding hydrogens is 320 g/mol. The second-order valence-corrected chi connectivity index (χ2v) is 8.41. The van der Waals surface area contributed by atoms with Crippen molar-refractivity contribution in [2.45, 2.75) is 64.9 Å². The first kappa shape index (κ1) is 18.3. The van der Waals surface area contributed by atoms with Gasteiger partial charge in [-0.1, -0.05) is 13.3 Å². The highest BCUT2D eigenvalue weighted by Gasteiger charge is 2.56. The van der Waals surface area contributed by atoms with Crippen LogP contribution < -0.4 is 0 Å². The van der Waals surface area contributed by atoms with E-state index in [1.165, 1.54) is 7.11 Å². The van der Waals surface area contributed by atoms with Gasteiger partial charge in [0.1, 0.15) is 5.78 Å². The number of carbonyl (C=O) groups excluding carboxylic acids is 3. The summed E-state index contributed by atoms with van der Waals surface area (Å²) in [6.07, 6.45) is 4.88. The normalized spacial score (nSPS) is 41.8. The molecule has 2 bridgehead atoms. The Morgan fingerprint density at radius 1 is 1.20 bits per heavy atom. The topological polar surface area (TPSA) is 80.7 Å². The summed E-state index contributed by atoms with van der Waals surface area (Å²) in [7, 11) is 1.40. The average molecular weight is 348 g/mol. The van der Waals surface area contributed by atoms with Gasteiger partial charge in [0.25, 0.3) is 0 Å². The lowest BCUT2D eigenvalue weighted by atomic mass is 9.52. The van der Waals surface area contributed by atoms with E-state index in [0.717, 1.165) is 18.4 Å². The fourth-order valence-electron chi connectivity index (χ4n) is 5.52. The first-order valence-electron chi connectivity index (χ1n) is 9.28. The molecule has 0 spiro atoms. The van der Waals surface area contributed by atoms with E-state index >= 15 is 0 Å². The Kier molecular flexibility index (Phi) is 4.65. The summed E-state index contributed by atoms with van der Waals surface area (Å²) < 4.78 is 5.08. The minimum absolute atomic E-state index is 0.0685. The van der Waals surface area contributed by atoms with Crippen LogP contribution in [-0.2, 0) is 19.1 Å². The van der Waals surface area contributed by atoms with Gasteiger partial charge in [0, 0.05) is 11.8 Å². The first-order valence-corrected chi connectivity index (χ1v) is 9.28. The lowest BCUT2D eigenvalue weighted by molar-refractivity contribution is -0.166. The molecule has 0 aromatic rings. The zero-order valence-corrected chi connectivity index (χ0v) is 15.3. The van der Waals surface area contributed by atoms with E-state index in [-0.39, 0.29) is 29.9 Å². The molecule has 3 aliphatic rings. The number of allylic oxidation sites excluding steroid dienone is 1. The van der Waals surface area contributed by atoms with Gasteiger partial charge in [0.15, 0.2) is 5.78 Å². The van der Waals surface area contributed by atoms with E-state index in [2.05, 4.69) is 0 Å². The van der Waals surface area contributed by atoms with Gasteiger partial charge < -0.3 is 9.84 Å². The Labute approximate surface area is 148 Å². The van der Waals surface area contributed by atoms with Crippen molar-refractivity contribution in [3.63, 3.8) is 0 Å². The van der Waals surface area contributed by atoms with Gasteiger partial charge >= 0.3 is 5.97 Å². The Morgan fingerprint density at radius 3 is 2.60 bits per heavy atom. The maximum absolute atomic E-state index is 13.1. The molecular formula is C20H28O5. The van der Waals surface area contributed by atoms with Crippen molar-refractivity contribution in [3.8, 4) is 0 Å². The molecule has 5 nitrogen and oxygen atoms in total. The van der Waals surface area contributed by atoms with Gasteiger partial charge in [0.2, 0.25) is 0 Å². The monoisotopic (exact) mass is 348 g/mol. The molecule has 3 rings (SSSR count). The van der Waals surface area contributed by atoms with Crippen LogP contribution in [0.2, 0.25) is 0 Å². The van der Waals surface area contributed by atoms with Crippen LogP contribution in [0.15, 0.2) is 11.6 Å². The smallest absolute Gasteiger partial charge is 0.311 e. The fraction of sp³-hybridized carbons (Fsp3) is 0.750.